The van der Waals surface area contributed by atoms with Gasteiger partial charge in [0.2, 0.25) is 0 Å². The molecule has 18 heavy (non-hydrogen) atoms. The minimum Gasteiger partial charge on any atom is -0.336 e. The van der Waals surface area contributed by atoms with E-state index in [0.717, 1.165) is 17.7 Å². The van der Waals surface area contributed by atoms with E-state index in [0.29, 0.717) is 10.7 Å². The molecule has 3 nitrogen and oxygen atoms in total. The average Bonchev–Trinajstić information content (AvgIpc) is 2.28. The summed E-state index contributed by atoms with van der Waals surface area (Å²) < 4.78 is 0.454. The predicted octanol–water partition coefficient (Wildman–Crippen LogP) is 3.68. The van der Waals surface area contributed by atoms with Crippen molar-refractivity contribution in [3.63, 3.8) is 0 Å². The molecular formula is C14H22N2OS. The van der Waals surface area contributed by atoms with Gasteiger partial charge in [0, 0.05) is 11.3 Å². The largest absolute Gasteiger partial charge is 0.336 e. The summed E-state index contributed by atoms with van der Waals surface area (Å²) in [5.74, 6) is 0.947. The van der Waals surface area contributed by atoms with Crippen LogP contribution in [0.1, 0.15) is 63.1 Å². The lowest BCUT2D eigenvalue weighted by Crippen LogP contribution is -2.21. The average molecular weight is 266 g/mol. The minimum absolute atomic E-state index is 0.0143. The standard InChI is InChI=1S/C14H22N2OS/c1-9(2)12-11(15-14(18)16-13(12)17)8-10-6-4-3-5-7-10/h9-10H,3-8H2,1-2H3,(H2,15,16,17,18). The van der Waals surface area contributed by atoms with Gasteiger partial charge in [-0.25, -0.2) is 0 Å². The van der Waals surface area contributed by atoms with Gasteiger partial charge >= 0.3 is 0 Å². The highest BCUT2D eigenvalue weighted by molar-refractivity contribution is 7.71. The summed E-state index contributed by atoms with van der Waals surface area (Å²) >= 11 is 5.09. The van der Waals surface area contributed by atoms with Crippen LogP contribution in [-0.2, 0) is 6.42 Å². The van der Waals surface area contributed by atoms with E-state index in [1.54, 1.807) is 0 Å². The number of nitrogens with one attached hydrogen (secondary N) is 2. The smallest absolute Gasteiger partial charge is 0.255 e. The first kappa shape index (κ1) is 13.5. The Morgan fingerprint density at radius 2 is 1.89 bits per heavy atom. The molecule has 2 N–H and O–H groups in total. The number of hydrogen-bond donors (Lipinski definition) is 2. The summed E-state index contributed by atoms with van der Waals surface area (Å²) in [6.07, 6.45) is 7.55. The SMILES string of the molecule is CC(C)c1c(CC2CCCCC2)[nH]c(=S)[nH]c1=O. The van der Waals surface area contributed by atoms with Crippen LogP contribution in [0, 0.1) is 10.7 Å². The Morgan fingerprint density at radius 3 is 2.50 bits per heavy atom. The zero-order valence-electron chi connectivity index (χ0n) is 11.2. The van der Waals surface area contributed by atoms with Crippen molar-refractivity contribution >= 4 is 12.2 Å². The van der Waals surface area contributed by atoms with Gasteiger partial charge in [-0.1, -0.05) is 46.0 Å². The lowest BCUT2D eigenvalue weighted by molar-refractivity contribution is 0.353. The second-order valence-corrected chi connectivity index (χ2v) is 6.07. The summed E-state index contributed by atoms with van der Waals surface area (Å²) in [5, 5.41) is 0. The van der Waals surface area contributed by atoms with Crippen molar-refractivity contribution in [1.29, 1.82) is 0 Å². The minimum atomic E-state index is -0.0143. The third-order valence-corrected chi connectivity index (χ3v) is 4.06. The topological polar surface area (TPSA) is 48.6 Å². The molecule has 1 fully saturated rings. The Morgan fingerprint density at radius 1 is 1.22 bits per heavy atom. The van der Waals surface area contributed by atoms with Crippen molar-refractivity contribution in [2.45, 2.75) is 58.3 Å². The van der Waals surface area contributed by atoms with Gasteiger partial charge in [-0.15, -0.1) is 0 Å². The third kappa shape index (κ3) is 3.10. The molecule has 4 heteroatoms. The van der Waals surface area contributed by atoms with Crippen LogP contribution in [0.5, 0.6) is 0 Å². The van der Waals surface area contributed by atoms with E-state index in [-0.39, 0.29) is 11.5 Å². The molecule has 0 unspecified atom stereocenters. The summed E-state index contributed by atoms with van der Waals surface area (Å²) in [5.41, 5.74) is 1.93. The lowest BCUT2D eigenvalue weighted by Gasteiger charge is -2.22. The molecule has 2 rings (SSSR count). The molecule has 0 atom stereocenters. The van der Waals surface area contributed by atoms with E-state index in [9.17, 15) is 4.79 Å². The summed E-state index contributed by atoms with van der Waals surface area (Å²) in [4.78, 5) is 17.9. The molecule has 0 aromatic carbocycles. The van der Waals surface area contributed by atoms with Crippen molar-refractivity contribution in [3.8, 4) is 0 Å². The molecule has 1 aromatic heterocycles. The fourth-order valence-corrected chi connectivity index (χ4v) is 3.21. The van der Waals surface area contributed by atoms with Crippen LogP contribution in [0.3, 0.4) is 0 Å². The molecule has 0 aliphatic heterocycles. The predicted molar refractivity (Wildman–Crippen MR) is 76.6 cm³/mol. The van der Waals surface area contributed by atoms with Gasteiger partial charge in [-0.05, 0) is 30.5 Å². The first-order valence-corrected chi connectivity index (χ1v) is 7.34. The number of hydrogen-bond acceptors (Lipinski definition) is 2. The number of aromatic nitrogens is 2. The molecular weight excluding hydrogens is 244 g/mol. The van der Waals surface area contributed by atoms with Crippen molar-refractivity contribution < 1.29 is 0 Å². The van der Waals surface area contributed by atoms with Gasteiger partial charge in [0.15, 0.2) is 4.77 Å². The van der Waals surface area contributed by atoms with Crippen molar-refractivity contribution in [3.05, 3.63) is 26.4 Å². The first-order valence-electron chi connectivity index (χ1n) is 6.93. The highest BCUT2D eigenvalue weighted by Gasteiger charge is 2.18. The van der Waals surface area contributed by atoms with Gasteiger partial charge in [-0.2, -0.15) is 0 Å². The highest BCUT2D eigenvalue weighted by Crippen LogP contribution is 2.27. The van der Waals surface area contributed by atoms with Gasteiger partial charge in [0.25, 0.3) is 5.56 Å². The molecule has 1 aromatic rings. The van der Waals surface area contributed by atoms with Crippen molar-refractivity contribution in [1.82, 2.24) is 9.97 Å². The molecule has 0 amide bonds. The molecule has 0 radical (unpaired) electrons. The number of rotatable bonds is 3. The Kier molecular flexibility index (Phi) is 4.38. The Bertz CT molecular complexity index is 509. The molecule has 0 spiro atoms. The number of H-pyrrole nitrogens is 2. The van der Waals surface area contributed by atoms with Crippen LogP contribution < -0.4 is 5.56 Å². The van der Waals surface area contributed by atoms with Gasteiger partial charge in [-0.3, -0.25) is 9.78 Å². The second kappa shape index (κ2) is 5.83. The summed E-state index contributed by atoms with van der Waals surface area (Å²) in [6.45, 7) is 4.12. The first-order chi connectivity index (χ1) is 8.58. The van der Waals surface area contributed by atoms with E-state index in [1.165, 1.54) is 32.1 Å². The van der Waals surface area contributed by atoms with Gasteiger partial charge in [0.05, 0.1) is 0 Å². The Hall–Kier alpha value is -0.900. The molecule has 1 aliphatic carbocycles. The molecule has 1 heterocycles. The zero-order chi connectivity index (χ0) is 13.1. The van der Waals surface area contributed by atoms with Crippen LogP contribution in [0.4, 0.5) is 0 Å². The van der Waals surface area contributed by atoms with Crippen LogP contribution in [-0.4, -0.2) is 9.97 Å². The van der Waals surface area contributed by atoms with Crippen molar-refractivity contribution in [2.75, 3.05) is 0 Å². The third-order valence-electron chi connectivity index (χ3n) is 3.86. The lowest BCUT2D eigenvalue weighted by atomic mass is 9.84. The Labute approximate surface area is 113 Å². The molecule has 1 aliphatic rings. The van der Waals surface area contributed by atoms with Crippen LogP contribution >= 0.6 is 12.2 Å². The normalized spacial score (nSPS) is 17.3. The van der Waals surface area contributed by atoms with Gasteiger partial charge in [0.1, 0.15) is 0 Å². The van der Waals surface area contributed by atoms with Crippen LogP contribution in [0.15, 0.2) is 4.79 Å². The van der Waals surface area contributed by atoms with E-state index >= 15 is 0 Å². The van der Waals surface area contributed by atoms with Crippen molar-refractivity contribution in [2.24, 2.45) is 5.92 Å². The maximum absolute atomic E-state index is 12.0. The van der Waals surface area contributed by atoms with E-state index in [2.05, 4.69) is 23.8 Å². The van der Waals surface area contributed by atoms with Crippen LogP contribution in [0.2, 0.25) is 0 Å². The fraction of sp³-hybridized carbons (Fsp3) is 0.714. The molecule has 1 saturated carbocycles. The molecule has 0 bridgehead atoms. The maximum atomic E-state index is 12.0. The summed E-state index contributed by atoms with van der Waals surface area (Å²) in [6, 6.07) is 0. The van der Waals surface area contributed by atoms with E-state index < -0.39 is 0 Å². The second-order valence-electron chi connectivity index (χ2n) is 5.66. The van der Waals surface area contributed by atoms with E-state index in [4.69, 9.17) is 12.2 Å². The van der Waals surface area contributed by atoms with Crippen LogP contribution in [0.25, 0.3) is 0 Å². The number of aromatic amines is 2. The van der Waals surface area contributed by atoms with Gasteiger partial charge < -0.3 is 4.98 Å². The highest BCUT2D eigenvalue weighted by atomic mass is 32.1. The maximum Gasteiger partial charge on any atom is 0.255 e. The summed E-state index contributed by atoms with van der Waals surface area (Å²) in [7, 11) is 0. The fourth-order valence-electron chi connectivity index (χ4n) is 2.99. The monoisotopic (exact) mass is 266 g/mol. The molecule has 100 valence electrons. The quantitative estimate of drug-likeness (QED) is 0.820. The Balaban J connectivity index is 2.30. The molecule has 0 saturated heterocycles. The zero-order valence-corrected chi connectivity index (χ0v) is 12.0. The van der Waals surface area contributed by atoms with E-state index in [1.807, 2.05) is 0 Å².